The normalized spacial score (nSPS) is 15.3. The van der Waals surface area contributed by atoms with E-state index in [1.165, 1.54) is 0 Å². The zero-order valence-electron chi connectivity index (χ0n) is 10.1. The van der Waals surface area contributed by atoms with E-state index >= 15 is 0 Å². The second-order valence-electron chi connectivity index (χ2n) is 4.83. The highest BCUT2D eigenvalue weighted by atomic mass is 14.8. The first kappa shape index (κ1) is 11.1. The molecule has 0 bridgehead atoms. The van der Waals surface area contributed by atoms with Crippen LogP contribution >= 0.6 is 0 Å². The van der Waals surface area contributed by atoms with Crippen molar-refractivity contribution in [2.24, 2.45) is 11.7 Å². The summed E-state index contributed by atoms with van der Waals surface area (Å²) in [6.45, 7) is 6.28. The molecule has 1 heterocycles. The third-order valence-corrected chi connectivity index (χ3v) is 3.35. The molecule has 2 nitrogen and oxygen atoms in total. The molecule has 1 aromatic heterocycles. The second kappa shape index (κ2) is 3.87. The zero-order valence-corrected chi connectivity index (χ0v) is 10.1. The molecule has 0 aliphatic heterocycles. The Morgan fingerprint density at radius 2 is 1.81 bits per heavy atom. The van der Waals surface area contributed by atoms with Crippen LogP contribution in [0.25, 0.3) is 10.9 Å². The molecule has 0 aliphatic rings. The van der Waals surface area contributed by atoms with Crippen LogP contribution in [-0.4, -0.2) is 4.98 Å². The van der Waals surface area contributed by atoms with E-state index in [2.05, 4.69) is 31.0 Å². The minimum Gasteiger partial charge on any atom is -0.320 e. The second-order valence-corrected chi connectivity index (χ2v) is 4.83. The number of rotatable bonds is 2. The predicted molar refractivity (Wildman–Crippen MR) is 68.1 cm³/mol. The molecule has 1 unspecified atom stereocenters. The van der Waals surface area contributed by atoms with Gasteiger partial charge in [-0.1, -0.05) is 38.1 Å². The van der Waals surface area contributed by atoms with Crippen molar-refractivity contribution in [2.75, 3.05) is 0 Å². The monoisotopic (exact) mass is 214 g/mol. The van der Waals surface area contributed by atoms with Crippen molar-refractivity contribution >= 4 is 10.9 Å². The molecular formula is C14H18N2. The SMILES string of the molecule is CC(C)C(C)(N)c1ccc2ccccc2n1. The number of hydrogen-bond donors (Lipinski definition) is 1. The van der Waals surface area contributed by atoms with E-state index in [0.717, 1.165) is 16.6 Å². The number of fused-ring (bicyclic) bond motifs is 1. The molecule has 0 fully saturated rings. The van der Waals surface area contributed by atoms with Crippen LogP contribution in [0, 0.1) is 5.92 Å². The number of benzene rings is 1. The molecule has 0 spiro atoms. The van der Waals surface area contributed by atoms with Gasteiger partial charge in [-0.25, -0.2) is 0 Å². The minimum absolute atomic E-state index is 0.362. The summed E-state index contributed by atoms with van der Waals surface area (Å²) >= 11 is 0. The minimum atomic E-state index is -0.371. The summed E-state index contributed by atoms with van der Waals surface area (Å²) in [4.78, 5) is 4.64. The number of para-hydroxylation sites is 1. The Labute approximate surface area is 96.5 Å². The van der Waals surface area contributed by atoms with Crippen LogP contribution in [0.15, 0.2) is 36.4 Å². The van der Waals surface area contributed by atoms with Gasteiger partial charge in [0.1, 0.15) is 0 Å². The molecule has 2 aromatic rings. The standard InChI is InChI=1S/C14H18N2/c1-10(2)14(3,15)13-9-8-11-6-4-5-7-12(11)16-13/h4-10H,15H2,1-3H3. The van der Waals surface area contributed by atoms with E-state index in [1.807, 2.05) is 31.2 Å². The topological polar surface area (TPSA) is 38.9 Å². The van der Waals surface area contributed by atoms with Crippen molar-refractivity contribution in [3.05, 3.63) is 42.1 Å². The fourth-order valence-corrected chi connectivity index (χ4v) is 1.66. The lowest BCUT2D eigenvalue weighted by Crippen LogP contribution is -2.39. The lowest BCUT2D eigenvalue weighted by molar-refractivity contribution is 0.342. The summed E-state index contributed by atoms with van der Waals surface area (Å²) in [5.74, 6) is 0.362. The maximum atomic E-state index is 6.31. The fourth-order valence-electron chi connectivity index (χ4n) is 1.66. The first-order valence-electron chi connectivity index (χ1n) is 5.67. The molecule has 84 valence electrons. The number of aromatic nitrogens is 1. The first-order valence-corrected chi connectivity index (χ1v) is 5.67. The average Bonchev–Trinajstić information content (AvgIpc) is 2.28. The van der Waals surface area contributed by atoms with Crippen LogP contribution in [0.4, 0.5) is 0 Å². The van der Waals surface area contributed by atoms with Crippen molar-refractivity contribution in [1.29, 1.82) is 0 Å². The number of hydrogen-bond acceptors (Lipinski definition) is 2. The number of pyridine rings is 1. The van der Waals surface area contributed by atoms with Gasteiger partial charge in [0.15, 0.2) is 0 Å². The molecule has 16 heavy (non-hydrogen) atoms. The molecule has 1 aromatic carbocycles. The lowest BCUT2D eigenvalue weighted by atomic mass is 9.86. The van der Waals surface area contributed by atoms with Crippen molar-refractivity contribution in [2.45, 2.75) is 26.3 Å². The summed E-state index contributed by atoms with van der Waals surface area (Å²) < 4.78 is 0. The Hall–Kier alpha value is -1.41. The Balaban J connectivity index is 2.55. The van der Waals surface area contributed by atoms with Crippen LogP contribution in [-0.2, 0) is 5.54 Å². The van der Waals surface area contributed by atoms with E-state index < -0.39 is 0 Å². The molecule has 1 atom stereocenters. The maximum Gasteiger partial charge on any atom is 0.0706 e. The van der Waals surface area contributed by atoms with Gasteiger partial charge in [-0.05, 0) is 25.0 Å². The molecular weight excluding hydrogens is 196 g/mol. The van der Waals surface area contributed by atoms with E-state index in [1.54, 1.807) is 0 Å². The van der Waals surface area contributed by atoms with Gasteiger partial charge in [-0.15, -0.1) is 0 Å². The first-order chi connectivity index (χ1) is 7.51. The molecule has 0 radical (unpaired) electrons. The van der Waals surface area contributed by atoms with Crippen LogP contribution in [0.5, 0.6) is 0 Å². The van der Waals surface area contributed by atoms with Crippen molar-refractivity contribution in [3.63, 3.8) is 0 Å². The van der Waals surface area contributed by atoms with Crippen molar-refractivity contribution < 1.29 is 0 Å². The molecule has 2 N–H and O–H groups in total. The van der Waals surface area contributed by atoms with E-state index in [4.69, 9.17) is 5.73 Å². The smallest absolute Gasteiger partial charge is 0.0706 e. The van der Waals surface area contributed by atoms with Crippen LogP contribution < -0.4 is 5.73 Å². The van der Waals surface area contributed by atoms with Crippen LogP contribution in [0.1, 0.15) is 26.5 Å². The molecule has 0 saturated carbocycles. The lowest BCUT2D eigenvalue weighted by Gasteiger charge is -2.28. The van der Waals surface area contributed by atoms with Crippen LogP contribution in [0.2, 0.25) is 0 Å². The summed E-state index contributed by atoms with van der Waals surface area (Å²) in [6.07, 6.45) is 0. The Morgan fingerprint density at radius 1 is 1.12 bits per heavy atom. The molecule has 2 heteroatoms. The Kier molecular flexibility index (Phi) is 2.68. The Morgan fingerprint density at radius 3 is 2.50 bits per heavy atom. The zero-order chi connectivity index (χ0) is 11.8. The predicted octanol–water partition coefficient (Wildman–Crippen LogP) is 3.06. The molecule has 0 amide bonds. The highest BCUT2D eigenvalue weighted by molar-refractivity contribution is 5.78. The third-order valence-electron chi connectivity index (χ3n) is 3.35. The number of nitrogens with two attached hydrogens (primary N) is 1. The highest BCUT2D eigenvalue weighted by Gasteiger charge is 2.26. The third kappa shape index (κ3) is 1.81. The van der Waals surface area contributed by atoms with E-state index in [9.17, 15) is 0 Å². The number of nitrogens with zero attached hydrogens (tertiary/aromatic N) is 1. The summed E-state index contributed by atoms with van der Waals surface area (Å²) in [5, 5.41) is 1.16. The molecule has 0 aliphatic carbocycles. The molecule has 0 saturated heterocycles. The summed E-state index contributed by atoms with van der Waals surface area (Å²) in [6, 6.07) is 12.2. The van der Waals surface area contributed by atoms with Gasteiger partial charge in [0.05, 0.1) is 16.7 Å². The quantitative estimate of drug-likeness (QED) is 0.834. The maximum absolute atomic E-state index is 6.31. The fraction of sp³-hybridized carbons (Fsp3) is 0.357. The van der Waals surface area contributed by atoms with Crippen molar-refractivity contribution in [1.82, 2.24) is 4.98 Å². The Bertz CT molecular complexity index is 501. The van der Waals surface area contributed by atoms with Gasteiger partial charge in [0, 0.05) is 5.39 Å². The molecule has 2 rings (SSSR count). The largest absolute Gasteiger partial charge is 0.320 e. The average molecular weight is 214 g/mol. The van der Waals surface area contributed by atoms with Crippen molar-refractivity contribution in [3.8, 4) is 0 Å². The van der Waals surface area contributed by atoms with Gasteiger partial charge < -0.3 is 5.73 Å². The van der Waals surface area contributed by atoms with E-state index in [-0.39, 0.29) is 5.54 Å². The summed E-state index contributed by atoms with van der Waals surface area (Å²) in [5.41, 5.74) is 7.91. The van der Waals surface area contributed by atoms with Gasteiger partial charge in [0.25, 0.3) is 0 Å². The van der Waals surface area contributed by atoms with Crippen LogP contribution in [0.3, 0.4) is 0 Å². The van der Waals surface area contributed by atoms with E-state index in [0.29, 0.717) is 5.92 Å². The highest BCUT2D eigenvalue weighted by Crippen LogP contribution is 2.26. The van der Waals surface area contributed by atoms with Gasteiger partial charge in [-0.2, -0.15) is 0 Å². The summed E-state index contributed by atoms with van der Waals surface area (Å²) in [7, 11) is 0. The van der Waals surface area contributed by atoms with Gasteiger partial charge in [-0.3, -0.25) is 4.98 Å². The van der Waals surface area contributed by atoms with Gasteiger partial charge >= 0.3 is 0 Å². The van der Waals surface area contributed by atoms with Gasteiger partial charge in [0.2, 0.25) is 0 Å².